The molecule has 1 atom stereocenters. The van der Waals surface area contributed by atoms with Crippen LogP contribution in [0.25, 0.3) is 0 Å². The van der Waals surface area contributed by atoms with Crippen molar-refractivity contribution in [1.82, 2.24) is 15.5 Å². The molecule has 5 nitrogen and oxygen atoms in total. The van der Waals surface area contributed by atoms with Crippen molar-refractivity contribution in [3.63, 3.8) is 0 Å². The van der Waals surface area contributed by atoms with Crippen molar-refractivity contribution in [3.05, 3.63) is 0 Å². The normalized spacial score (nSPS) is 17.7. The maximum Gasteiger partial charge on any atom is 0.405 e. The summed E-state index contributed by atoms with van der Waals surface area (Å²) in [5, 5.41) is 13.3. The van der Waals surface area contributed by atoms with Gasteiger partial charge in [-0.15, -0.1) is 10.2 Å². The third-order valence-corrected chi connectivity index (χ3v) is 5.49. The molecule has 130 valence electrons. The van der Waals surface area contributed by atoms with Gasteiger partial charge in [0.15, 0.2) is 4.34 Å². The summed E-state index contributed by atoms with van der Waals surface area (Å²) in [7, 11) is 0. The van der Waals surface area contributed by atoms with Gasteiger partial charge in [-0.1, -0.05) is 42.4 Å². The van der Waals surface area contributed by atoms with Crippen LogP contribution >= 0.6 is 23.1 Å². The Balaban J connectivity index is 1.79. The lowest BCUT2D eigenvalue weighted by atomic mass is 9.96. The van der Waals surface area contributed by atoms with Crippen molar-refractivity contribution in [2.75, 3.05) is 11.9 Å². The van der Waals surface area contributed by atoms with Gasteiger partial charge in [0.1, 0.15) is 6.54 Å². The van der Waals surface area contributed by atoms with E-state index in [-0.39, 0.29) is 0 Å². The molecule has 0 bridgehead atoms. The minimum Gasteiger partial charge on any atom is -0.357 e. The molecule has 1 heterocycles. The molecule has 0 unspecified atom stereocenters. The van der Waals surface area contributed by atoms with Crippen LogP contribution in [0.1, 0.15) is 39.0 Å². The van der Waals surface area contributed by atoms with Crippen LogP contribution in [0.3, 0.4) is 0 Å². The number of amides is 1. The highest BCUT2D eigenvalue weighted by Crippen LogP contribution is 2.30. The number of halogens is 3. The van der Waals surface area contributed by atoms with Crippen LogP contribution in [0, 0.1) is 0 Å². The van der Waals surface area contributed by atoms with Gasteiger partial charge in [-0.05, 0) is 19.8 Å². The number of alkyl halides is 3. The highest BCUT2D eigenvalue weighted by Gasteiger charge is 2.29. The van der Waals surface area contributed by atoms with Crippen molar-refractivity contribution in [3.8, 4) is 0 Å². The van der Waals surface area contributed by atoms with Crippen molar-refractivity contribution in [2.24, 2.45) is 0 Å². The maximum atomic E-state index is 12.1. The Morgan fingerprint density at radius 3 is 2.70 bits per heavy atom. The Hall–Kier alpha value is -1.03. The van der Waals surface area contributed by atoms with Crippen molar-refractivity contribution < 1.29 is 18.0 Å². The average Bonchev–Trinajstić information content (AvgIpc) is 2.92. The highest BCUT2D eigenvalue weighted by molar-refractivity contribution is 8.02. The van der Waals surface area contributed by atoms with Crippen LogP contribution in [0.5, 0.6) is 0 Å². The van der Waals surface area contributed by atoms with Crippen LogP contribution in [-0.2, 0) is 4.79 Å². The van der Waals surface area contributed by atoms with Crippen molar-refractivity contribution in [1.29, 1.82) is 0 Å². The van der Waals surface area contributed by atoms with Gasteiger partial charge >= 0.3 is 6.18 Å². The predicted octanol–water partition coefficient (Wildman–Crippen LogP) is 3.44. The quantitative estimate of drug-likeness (QED) is 0.753. The number of anilines is 1. The first kappa shape index (κ1) is 18.3. The van der Waals surface area contributed by atoms with Crippen molar-refractivity contribution in [2.45, 2.75) is 60.8 Å². The summed E-state index contributed by atoms with van der Waals surface area (Å²) in [6, 6.07) is 0.405. The van der Waals surface area contributed by atoms with E-state index >= 15 is 0 Å². The Bertz CT molecular complexity index is 518. The minimum atomic E-state index is -4.40. The zero-order valence-electron chi connectivity index (χ0n) is 12.7. The summed E-state index contributed by atoms with van der Waals surface area (Å²) >= 11 is 2.43. The molecule has 0 saturated heterocycles. The number of carbonyl (C=O) groups excluding carboxylic acids is 1. The molecule has 1 saturated carbocycles. The molecule has 0 aliphatic heterocycles. The first-order chi connectivity index (χ1) is 10.8. The van der Waals surface area contributed by atoms with E-state index in [1.165, 1.54) is 30.6 Å². The Kier molecular flexibility index (Phi) is 6.51. The SMILES string of the molecule is C[C@@H](Sc1nnc(NC2CCCCC2)s1)C(=O)NCC(F)(F)F. The molecule has 10 heteroatoms. The molecule has 1 fully saturated rings. The van der Waals surface area contributed by atoms with Gasteiger partial charge in [-0.2, -0.15) is 13.2 Å². The standard InChI is InChI=1S/C13H19F3N4OS2/c1-8(10(21)17-7-13(14,15)16)22-12-20-19-11(23-12)18-9-5-3-2-4-6-9/h8-9H,2-7H2,1H3,(H,17,21)(H,18,19)/t8-/m1/s1. The molecular formula is C13H19F3N4OS2. The Morgan fingerprint density at radius 2 is 2.04 bits per heavy atom. The van der Waals surface area contributed by atoms with E-state index < -0.39 is 23.9 Å². The Labute approximate surface area is 140 Å². The number of aromatic nitrogens is 2. The topological polar surface area (TPSA) is 66.9 Å². The molecule has 23 heavy (non-hydrogen) atoms. The highest BCUT2D eigenvalue weighted by atomic mass is 32.2. The molecule has 1 aliphatic rings. The number of nitrogens with zero attached hydrogens (tertiary/aromatic N) is 2. The van der Waals surface area contributed by atoms with Gasteiger partial charge < -0.3 is 10.6 Å². The second-order valence-electron chi connectivity index (χ2n) is 5.45. The minimum absolute atomic E-state index is 0.405. The van der Waals surface area contributed by atoms with Crippen molar-refractivity contribution >= 4 is 34.1 Å². The van der Waals surface area contributed by atoms with E-state index in [0.29, 0.717) is 15.5 Å². The fourth-order valence-corrected chi connectivity index (χ4v) is 4.27. The zero-order chi connectivity index (χ0) is 16.9. The van der Waals surface area contributed by atoms with Crippen LogP contribution in [-0.4, -0.2) is 40.1 Å². The number of hydrogen-bond donors (Lipinski definition) is 2. The number of carbonyl (C=O) groups is 1. The smallest absolute Gasteiger partial charge is 0.357 e. The second-order valence-corrected chi connectivity index (χ2v) is 8.01. The average molecular weight is 368 g/mol. The summed E-state index contributed by atoms with van der Waals surface area (Å²) in [6.45, 7) is 0.230. The van der Waals surface area contributed by atoms with Gasteiger partial charge in [0.25, 0.3) is 0 Å². The molecule has 0 aromatic carbocycles. The molecule has 1 aromatic rings. The van der Waals surface area contributed by atoms with Crippen LogP contribution in [0.2, 0.25) is 0 Å². The lowest BCUT2D eigenvalue weighted by Gasteiger charge is -2.21. The van der Waals surface area contributed by atoms with E-state index in [9.17, 15) is 18.0 Å². The first-order valence-electron chi connectivity index (χ1n) is 7.44. The number of thioether (sulfide) groups is 1. The van der Waals surface area contributed by atoms with Crippen LogP contribution in [0.15, 0.2) is 4.34 Å². The van der Waals surface area contributed by atoms with E-state index in [1.807, 2.05) is 5.32 Å². The summed E-state index contributed by atoms with van der Waals surface area (Å²) in [5.74, 6) is -0.663. The van der Waals surface area contributed by atoms with Crippen LogP contribution < -0.4 is 10.6 Å². The molecule has 1 amide bonds. The van der Waals surface area contributed by atoms with Gasteiger partial charge in [-0.25, -0.2) is 0 Å². The molecule has 1 aromatic heterocycles. The molecule has 1 aliphatic carbocycles. The van der Waals surface area contributed by atoms with Gasteiger partial charge in [-0.3, -0.25) is 4.79 Å². The second kappa shape index (κ2) is 8.18. The number of nitrogens with one attached hydrogen (secondary N) is 2. The van der Waals surface area contributed by atoms with Gasteiger partial charge in [0.05, 0.1) is 5.25 Å². The van der Waals surface area contributed by atoms with E-state index in [4.69, 9.17) is 0 Å². The lowest BCUT2D eigenvalue weighted by molar-refractivity contribution is -0.137. The molecule has 0 radical (unpaired) electrons. The fraction of sp³-hybridized carbons (Fsp3) is 0.769. The summed E-state index contributed by atoms with van der Waals surface area (Å²) in [4.78, 5) is 11.6. The third-order valence-electron chi connectivity index (χ3n) is 3.45. The summed E-state index contributed by atoms with van der Waals surface area (Å²) in [5.41, 5.74) is 0. The molecule has 0 spiro atoms. The number of hydrogen-bond acceptors (Lipinski definition) is 6. The van der Waals surface area contributed by atoms with E-state index in [1.54, 1.807) is 6.92 Å². The van der Waals surface area contributed by atoms with E-state index in [2.05, 4.69) is 15.5 Å². The zero-order valence-corrected chi connectivity index (χ0v) is 14.3. The fourth-order valence-electron chi connectivity index (χ4n) is 2.27. The lowest BCUT2D eigenvalue weighted by Crippen LogP contribution is -2.37. The number of rotatable bonds is 6. The molecule has 2 rings (SSSR count). The predicted molar refractivity (Wildman–Crippen MR) is 84.8 cm³/mol. The Morgan fingerprint density at radius 1 is 1.35 bits per heavy atom. The van der Waals surface area contributed by atoms with Crippen LogP contribution in [0.4, 0.5) is 18.3 Å². The van der Waals surface area contributed by atoms with Gasteiger partial charge in [0.2, 0.25) is 11.0 Å². The summed E-state index contributed by atoms with van der Waals surface area (Å²) in [6.07, 6.45) is 1.49. The largest absolute Gasteiger partial charge is 0.405 e. The molecular weight excluding hydrogens is 349 g/mol. The third kappa shape index (κ3) is 6.54. The first-order valence-corrected chi connectivity index (χ1v) is 9.14. The van der Waals surface area contributed by atoms with E-state index in [0.717, 1.165) is 24.6 Å². The maximum absolute atomic E-state index is 12.1. The molecule has 2 N–H and O–H groups in total. The van der Waals surface area contributed by atoms with Gasteiger partial charge in [0, 0.05) is 6.04 Å². The summed E-state index contributed by atoms with van der Waals surface area (Å²) < 4.78 is 36.8. The monoisotopic (exact) mass is 368 g/mol.